The van der Waals surface area contributed by atoms with Crippen LogP contribution in [0.4, 0.5) is 13.2 Å². The molecule has 0 amide bonds. The summed E-state index contributed by atoms with van der Waals surface area (Å²) in [5.74, 6) is -0.959. The van der Waals surface area contributed by atoms with Gasteiger partial charge in [0.25, 0.3) is 5.91 Å². The molecule has 0 unspecified atom stereocenters. The Bertz CT molecular complexity index is 1270. The Morgan fingerprint density at radius 2 is 1.81 bits per heavy atom. The molecule has 0 radical (unpaired) electrons. The van der Waals surface area contributed by atoms with Crippen molar-refractivity contribution in [3.05, 3.63) is 88.4 Å². The molecule has 1 aromatic heterocycles. The predicted octanol–water partition coefficient (Wildman–Crippen LogP) is 6.21. The summed E-state index contributed by atoms with van der Waals surface area (Å²) in [6, 6.07) is 17.6. The number of nitrogens with zero attached hydrogens (tertiary/aromatic N) is 2. The van der Waals surface area contributed by atoms with Crippen LogP contribution in [0.1, 0.15) is 21.5 Å². The van der Waals surface area contributed by atoms with Gasteiger partial charge in [-0.15, -0.1) is 0 Å². The van der Waals surface area contributed by atoms with E-state index in [2.05, 4.69) is 5.10 Å². The van der Waals surface area contributed by atoms with Gasteiger partial charge in [-0.25, -0.2) is 0 Å². The zero-order chi connectivity index (χ0) is 22.2. The molecule has 0 atom stereocenters. The number of carbonyl (C=O) groups is 1. The first-order chi connectivity index (χ1) is 14.8. The van der Waals surface area contributed by atoms with Crippen molar-refractivity contribution in [1.82, 2.24) is 9.78 Å². The van der Waals surface area contributed by atoms with Gasteiger partial charge in [0.2, 0.25) is 0 Å². The van der Waals surface area contributed by atoms with Gasteiger partial charge >= 0.3 is 6.18 Å². The first kappa shape index (κ1) is 21.1. The number of hydrogen-bond donors (Lipinski definition) is 0. The fourth-order valence-electron chi connectivity index (χ4n) is 3.46. The fourth-order valence-corrected chi connectivity index (χ4v) is 3.72. The molecule has 4 rings (SSSR count). The summed E-state index contributed by atoms with van der Waals surface area (Å²) in [5.41, 5.74) is 0.577. The predicted molar refractivity (Wildman–Crippen MR) is 112 cm³/mol. The largest absolute Gasteiger partial charge is 0.417 e. The molecule has 0 bridgehead atoms. The molecule has 4 nitrogen and oxygen atoms in total. The van der Waals surface area contributed by atoms with Crippen molar-refractivity contribution in [2.45, 2.75) is 12.8 Å². The van der Waals surface area contributed by atoms with E-state index >= 15 is 0 Å². The van der Waals surface area contributed by atoms with Gasteiger partial charge in [0, 0.05) is 18.1 Å². The monoisotopic (exact) mass is 444 g/mol. The maximum atomic E-state index is 13.6. The lowest BCUT2D eigenvalue weighted by molar-refractivity contribution is -0.137. The number of aromatic nitrogens is 2. The van der Waals surface area contributed by atoms with E-state index in [1.165, 1.54) is 13.2 Å². The molecule has 0 aliphatic carbocycles. The van der Waals surface area contributed by atoms with Crippen LogP contribution in [-0.4, -0.2) is 22.8 Å². The van der Waals surface area contributed by atoms with Gasteiger partial charge in [0.15, 0.2) is 0 Å². The molecule has 0 spiro atoms. The molecule has 0 fully saturated rings. The average molecular weight is 445 g/mol. The van der Waals surface area contributed by atoms with E-state index in [1.54, 1.807) is 12.1 Å². The maximum Gasteiger partial charge on any atom is 0.417 e. The number of halogens is 4. The quantitative estimate of drug-likeness (QED) is 0.376. The van der Waals surface area contributed by atoms with E-state index < -0.39 is 23.2 Å². The Kier molecular flexibility index (Phi) is 5.56. The van der Waals surface area contributed by atoms with Crippen LogP contribution < -0.4 is 0 Å². The molecule has 8 heteroatoms. The zero-order valence-corrected chi connectivity index (χ0v) is 17.0. The van der Waals surface area contributed by atoms with Crippen LogP contribution in [-0.2, 0) is 17.5 Å². The first-order valence-corrected chi connectivity index (χ1v) is 9.65. The molecule has 1 heterocycles. The average Bonchev–Trinajstić information content (AvgIpc) is 3.12. The first-order valence-electron chi connectivity index (χ1n) is 9.27. The Morgan fingerprint density at radius 3 is 2.48 bits per heavy atom. The highest BCUT2D eigenvalue weighted by Crippen LogP contribution is 2.36. The zero-order valence-electron chi connectivity index (χ0n) is 16.3. The normalized spacial score (nSPS) is 11.8. The van der Waals surface area contributed by atoms with E-state index in [0.29, 0.717) is 16.6 Å². The number of methoxy groups -OCH3 is 1. The van der Waals surface area contributed by atoms with E-state index in [-0.39, 0.29) is 11.6 Å². The summed E-state index contributed by atoms with van der Waals surface area (Å²) in [4.78, 5) is 13.3. The van der Waals surface area contributed by atoms with Crippen LogP contribution >= 0.6 is 11.6 Å². The molecular weight excluding hydrogens is 429 g/mol. The van der Waals surface area contributed by atoms with Crippen LogP contribution in [0.25, 0.3) is 22.2 Å². The topological polar surface area (TPSA) is 44.1 Å². The Morgan fingerprint density at radius 1 is 1.06 bits per heavy atom. The molecule has 0 saturated heterocycles. The number of rotatable bonds is 4. The second-order valence-electron chi connectivity index (χ2n) is 6.88. The number of carbonyl (C=O) groups excluding carboxylic acids is 1. The summed E-state index contributed by atoms with van der Waals surface area (Å²) in [6.07, 6.45) is -4.75. The Balaban J connectivity index is 1.98. The van der Waals surface area contributed by atoms with Gasteiger partial charge in [-0.05, 0) is 23.8 Å². The smallest absolute Gasteiger partial charge is 0.380 e. The van der Waals surface area contributed by atoms with Gasteiger partial charge in [-0.1, -0.05) is 60.1 Å². The second-order valence-corrected chi connectivity index (χ2v) is 7.28. The van der Waals surface area contributed by atoms with Crippen molar-refractivity contribution >= 4 is 28.4 Å². The lowest BCUT2D eigenvalue weighted by Crippen LogP contribution is -2.20. The van der Waals surface area contributed by atoms with E-state index in [4.69, 9.17) is 16.3 Å². The van der Waals surface area contributed by atoms with Crippen molar-refractivity contribution in [3.8, 4) is 11.3 Å². The fraction of sp³-hybridized carbons (Fsp3) is 0.130. The number of fused-ring (bicyclic) bond motifs is 1. The number of ether oxygens (including phenoxy) is 1. The summed E-state index contributed by atoms with van der Waals surface area (Å²) < 4.78 is 46.9. The van der Waals surface area contributed by atoms with Crippen LogP contribution in [0.3, 0.4) is 0 Å². The number of hydrogen-bond acceptors (Lipinski definition) is 3. The van der Waals surface area contributed by atoms with E-state index in [9.17, 15) is 18.0 Å². The van der Waals surface area contributed by atoms with Crippen molar-refractivity contribution < 1.29 is 22.7 Å². The molecule has 31 heavy (non-hydrogen) atoms. The Labute approximate surface area is 180 Å². The maximum absolute atomic E-state index is 13.6. The third-order valence-corrected chi connectivity index (χ3v) is 5.14. The standard InChI is InChI=1S/C23H16ClF3N2O2/c1-31-13-14-10-11-16-19(12-14)29(28-21(16)15-6-3-2-4-7-15)22(30)20-17(23(25,26)27)8-5-9-18(20)24/h2-12H,13H2,1H3. The highest BCUT2D eigenvalue weighted by Gasteiger charge is 2.37. The molecule has 158 valence electrons. The van der Waals surface area contributed by atoms with Gasteiger partial charge in [0.1, 0.15) is 5.69 Å². The SMILES string of the molecule is COCc1ccc2c(-c3ccccc3)nn(C(=O)c3c(Cl)cccc3C(F)(F)F)c2c1. The van der Waals surface area contributed by atoms with Crippen molar-refractivity contribution in [3.63, 3.8) is 0 Å². The van der Waals surface area contributed by atoms with Gasteiger partial charge in [-0.3, -0.25) is 4.79 Å². The number of alkyl halides is 3. The minimum atomic E-state index is -4.75. The molecule has 0 N–H and O–H groups in total. The summed E-state index contributed by atoms with van der Waals surface area (Å²) in [7, 11) is 1.53. The summed E-state index contributed by atoms with van der Waals surface area (Å²) in [5, 5.41) is 4.73. The van der Waals surface area contributed by atoms with Crippen LogP contribution in [0, 0.1) is 0 Å². The van der Waals surface area contributed by atoms with E-state index in [1.807, 2.05) is 36.4 Å². The van der Waals surface area contributed by atoms with Crippen LogP contribution in [0.2, 0.25) is 5.02 Å². The molecule has 3 aromatic carbocycles. The molecular formula is C23H16ClF3N2O2. The van der Waals surface area contributed by atoms with E-state index in [0.717, 1.165) is 27.9 Å². The van der Waals surface area contributed by atoms with Crippen molar-refractivity contribution in [2.75, 3.05) is 7.11 Å². The second kappa shape index (κ2) is 8.17. The van der Waals surface area contributed by atoms with Crippen molar-refractivity contribution in [2.24, 2.45) is 0 Å². The molecule has 4 aromatic rings. The van der Waals surface area contributed by atoms with Crippen LogP contribution in [0.15, 0.2) is 66.7 Å². The van der Waals surface area contributed by atoms with Crippen LogP contribution in [0.5, 0.6) is 0 Å². The minimum Gasteiger partial charge on any atom is -0.380 e. The third-order valence-electron chi connectivity index (χ3n) is 4.83. The molecule has 0 saturated carbocycles. The lowest BCUT2D eigenvalue weighted by atomic mass is 10.1. The Hall–Kier alpha value is -3.16. The summed E-state index contributed by atoms with van der Waals surface area (Å²) in [6.45, 7) is 0.274. The lowest BCUT2D eigenvalue weighted by Gasteiger charge is -2.13. The number of benzene rings is 3. The highest BCUT2D eigenvalue weighted by molar-refractivity contribution is 6.34. The molecule has 0 aliphatic rings. The minimum absolute atomic E-state index is 0.274. The van der Waals surface area contributed by atoms with Crippen molar-refractivity contribution in [1.29, 1.82) is 0 Å². The van der Waals surface area contributed by atoms with Gasteiger partial charge in [-0.2, -0.15) is 23.0 Å². The van der Waals surface area contributed by atoms with Gasteiger partial charge < -0.3 is 4.74 Å². The van der Waals surface area contributed by atoms with Gasteiger partial charge in [0.05, 0.1) is 28.3 Å². The highest BCUT2D eigenvalue weighted by atomic mass is 35.5. The molecule has 0 aliphatic heterocycles. The third kappa shape index (κ3) is 3.94. The summed E-state index contributed by atoms with van der Waals surface area (Å²) >= 11 is 6.05.